The zero-order valence-corrected chi connectivity index (χ0v) is 6.36. The Hall–Kier alpha value is 0.270. The van der Waals surface area contributed by atoms with Gasteiger partial charge in [0, 0.05) is 0 Å². The minimum atomic E-state index is -0.750. The second-order valence-corrected chi connectivity index (χ2v) is 3.04. The molecule has 1 fully saturated rings. The molecule has 0 aliphatic carbocycles. The van der Waals surface area contributed by atoms with Gasteiger partial charge in [0.25, 0.3) is 0 Å². The van der Waals surface area contributed by atoms with Crippen LogP contribution in [-0.2, 0) is 0 Å². The molecule has 0 saturated carbocycles. The molecule has 2 nitrogen and oxygen atoms in total. The van der Waals surface area contributed by atoms with Gasteiger partial charge in [-0.2, -0.15) is 11.8 Å². The smallest absolute Gasteiger partial charge is 0.140 e. The fraction of sp³-hybridized carbons (Fsp3) is 1.00. The maximum absolute atomic E-state index is 7.12. The van der Waals surface area contributed by atoms with Crippen molar-refractivity contribution >= 4 is 11.8 Å². The Morgan fingerprint density at radius 2 is 1.44 bits per heavy atom. The van der Waals surface area contributed by atoms with E-state index in [2.05, 4.69) is 11.8 Å². The van der Waals surface area contributed by atoms with Gasteiger partial charge in [-0.1, -0.05) is 6.42 Å². The Morgan fingerprint density at radius 3 is 1.56 bits per heavy atom. The van der Waals surface area contributed by atoms with Crippen molar-refractivity contribution in [3.63, 3.8) is 0 Å². The topological polar surface area (TPSA) is 40.5 Å². The molecule has 0 amide bonds. The summed E-state index contributed by atoms with van der Waals surface area (Å²) in [6.45, 7) is -0.750. The minimum absolute atomic E-state index is 0.750. The van der Waals surface area contributed by atoms with Crippen molar-refractivity contribution in [1.29, 1.82) is 0 Å². The number of aliphatic hydroxyl groups excluding tert-OH is 1. The summed E-state index contributed by atoms with van der Waals surface area (Å²) in [6, 6.07) is 0. The molecular formula is C6H14O2S. The van der Waals surface area contributed by atoms with E-state index in [1.807, 2.05) is 0 Å². The summed E-state index contributed by atoms with van der Waals surface area (Å²) in [5.41, 5.74) is 0. The normalized spacial score (nSPS) is 18.0. The molecule has 0 aromatic rings. The second-order valence-electron chi connectivity index (χ2n) is 1.81. The van der Waals surface area contributed by atoms with E-state index in [1.165, 1.54) is 30.8 Å². The third-order valence-corrected chi connectivity index (χ3v) is 2.23. The van der Waals surface area contributed by atoms with Gasteiger partial charge in [-0.3, -0.25) is 0 Å². The van der Waals surface area contributed by atoms with Crippen molar-refractivity contribution < 1.29 is 10.2 Å². The van der Waals surface area contributed by atoms with Crippen molar-refractivity contribution in [3.05, 3.63) is 0 Å². The Morgan fingerprint density at radius 1 is 1.00 bits per heavy atom. The largest absolute Gasteiger partial charge is 0.371 e. The van der Waals surface area contributed by atoms with Crippen LogP contribution in [0.5, 0.6) is 0 Å². The summed E-state index contributed by atoms with van der Waals surface area (Å²) < 4.78 is 0. The van der Waals surface area contributed by atoms with Crippen LogP contribution in [0.15, 0.2) is 0 Å². The van der Waals surface area contributed by atoms with Crippen LogP contribution in [0.4, 0.5) is 0 Å². The van der Waals surface area contributed by atoms with Gasteiger partial charge in [0.05, 0.1) is 0 Å². The van der Waals surface area contributed by atoms with E-state index in [-0.39, 0.29) is 0 Å². The van der Waals surface area contributed by atoms with E-state index in [9.17, 15) is 0 Å². The summed E-state index contributed by atoms with van der Waals surface area (Å²) in [7, 11) is 0. The molecule has 0 aromatic heterocycles. The van der Waals surface area contributed by atoms with E-state index in [1.54, 1.807) is 0 Å². The Kier molecular flexibility index (Phi) is 8.52. The lowest BCUT2D eigenvalue weighted by Gasteiger charge is -2.05. The summed E-state index contributed by atoms with van der Waals surface area (Å²) in [4.78, 5) is 0. The highest BCUT2D eigenvalue weighted by Gasteiger charge is 1.95. The van der Waals surface area contributed by atoms with Gasteiger partial charge in [-0.15, -0.1) is 0 Å². The first kappa shape index (κ1) is 9.27. The summed E-state index contributed by atoms with van der Waals surface area (Å²) in [6.07, 6.45) is 4.41. The quantitative estimate of drug-likeness (QED) is 0.502. The van der Waals surface area contributed by atoms with E-state index >= 15 is 0 Å². The molecule has 1 rings (SSSR count). The molecule has 0 atom stereocenters. The number of aliphatic hydroxyl groups is 2. The van der Waals surface area contributed by atoms with Crippen LogP contribution in [0, 0.1) is 0 Å². The fourth-order valence-electron chi connectivity index (χ4n) is 0.687. The van der Waals surface area contributed by atoms with E-state index < -0.39 is 6.79 Å². The van der Waals surface area contributed by atoms with Gasteiger partial charge in [0.2, 0.25) is 0 Å². The van der Waals surface area contributed by atoms with Crippen molar-refractivity contribution in [2.45, 2.75) is 19.3 Å². The van der Waals surface area contributed by atoms with Crippen molar-refractivity contribution in [3.8, 4) is 0 Å². The maximum atomic E-state index is 7.12. The molecule has 9 heavy (non-hydrogen) atoms. The zero-order chi connectivity index (χ0) is 6.95. The lowest BCUT2D eigenvalue weighted by atomic mass is 10.3. The first-order valence-electron chi connectivity index (χ1n) is 3.21. The van der Waals surface area contributed by atoms with Crippen LogP contribution in [0.1, 0.15) is 19.3 Å². The fourth-order valence-corrected chi connectivity index (χ4v) is 1.71. The monoisotopic (exact) mass is 150 g/mol. The zero-order valence-electron chi connectivity index (χ0n) is 5.55. The highest BCUT2D eigenvalue weighted by atomic mass is 32.2. The molecule has 0 spiro atoms. The summed E-state index contributed by atoms with van der Waals surface area (Å²) in [5, 5.41) is 14.2. The number of hydrogen-bond donors (Lipinski definition) is 2. The van der Waals surface area contributed by atoms with Crippen LogP contribution in [0.2, 0.25) is 0 Å². The van der Waals surface area contributed by atoms with Crippen LogP contribution in [-0.4, -0.2) is 28.5 Å². The SMILES string of the molecule is C1CCSCC1.OCO. The highest BCUT2D eigenvalue weighted by molar-refractivity contribution is 7.99. The molecular weight excluding hydrogens is 136 g/mol. The molecule has 0 aromatic carbocycles. The Labute approximate surface area is 60.3 Å². The third kappa shape index (κ3) is 8.27. The number of thioether (sulfide) groups is 1. The van der Waals surface area contributed by atoms with Gasteiger partial charge in [0.1, 0.15) is 6.79 Å². The summed E-state index contributed by atoms with van der Waals surface area (Å²) >= 11 is 2.09. The molecule has 0 radical (unpaired) electrons. The van der Waals surface area contributed by atoms with Crippen LogP contribution in [0.3, 0.4) is 0 Å². The van der Waals surface area contributed by atoms with E-state index in [0.29, 0.717) is 0 Å². The van der Waals surface area contributed by atoms with Gasteiger partial charge < -0.3 is 10.2 Å². The first-order valence-corrected chi connectivity index (χ1v) is 4.36. The number of hydrogen-bond acceptors (Lipinski definition) is 3. The lowest BCUT2D eigenvalue weighted by Crippen LogP contribution is -1.91. The van der Waals surface area contributed by atoms with Crippen molar-refractivity contribution in [2.24, 2.45) is 0 Å². The van der Waals surface area contributed by atoms with Crippen LogP contribution in [0.25, 0.3) is 0 Å². The van der Waals surface area contributed by atoms with Gasteiger partial charge in [-0.25, -0.2) is 0 Å². The Bertz CT molecular complexity index is 34.8. The molecule has 1 heterocycles. The molecule has 1 aliphatic rings. The van der Waals surface area contributed by atoms with Crippen molar-refractivity contribution in [2.75, 3.05) is 18.3 Å². The average Bonchev–Trinajstić information content (AvgIpc) is 1.93. The third-order valence-electron chi connectivity index (χ3n) is 1.08. The minimum Gasteiger partial charge on any atom is -0.371 e. The van der Waals surface area contributed by atoms with Crippen molar-refractivity contribution in [1.82, 2.24) is 0 Å². The summed E-state index contributed by atoms with van der Waals surface area (Å²) in [5.74, 6) is 2.83. The molecule has 1 saturated heterocycles. The van der Waals surface area contributed by atoms with E-state index in [0.717, 1.165) is 0 Å². The van der Waals surface area contributed by atoms with E-state index in [4.69, 9.17) is 10.2 Å². The molecule has 0 bridgehead atoms. The molecule has 56 valence electrons. The molecule has 0 unspecified atom stereocenters. The molecule has 2 N–H and O–H groups in total. The molecule has 1 aliphatic heterocycles. The van der Waals surface area contributed by atoms with Gasteiger partial charge in [-0.05, 0) is 24.3 Å². The number of rotatable bonds is 0. The first-order chi connectivity index (χ1) is 4.41. The van der Waals surface area contributed by atoms with Crippen LogP contribution < -0.4 is 0 Å². The van der Waals surface area contributed by atoms with Gasteiger partial charge in [0.15, 0.2) is 0 Å². The molecule has 3 heteroatoms. The predicted octanol–water partition coefficient (Wildman–Crippen LogP) is 0.832. The predicted molar refractivity (Wildman–Crippen MR) is 40.5 cm³/mol. The van der Waals surface area contributed by atoms with Gasteiger partial charge >= 0.3 is 0 Å². The second kappa shape index (κ2) is 8.27. The lowest BCUT2D eigenvalue weighted by molar-refractivity contribution is 0.0773. The standard InChI is InChI=1S/C5H10S.CH4O2/c1-2-4-6-5-3-1;2-1-3/h1-5H2;2-3H,1H2. The highest BCUT2D eigenvalue weighted by Crippen LogP contribution is 2.14. The van der Waals surface area contributed by atoms with Crippen LogP contribution >= 0.6 is 11.8 Å². The average molecular weight is 150 g/mol. The maximum Gasteiger partial charge on any atom is 0.140 e. The Balaban J connectivity index is 0.000000187.